The lowest BCUT2D eigenvalue weighted by atomic mass is 9.82. The smallest absolute Gasteiger partial charge is 0.240 e. The molecular formula is C19H31N3OS. The fourth-order valence-electron chi connectivity index (χ4n) is 4.01. The predicted molar refractivity (Wildman–Crippen MR) is 100 cm³/mol. The second-order valence-corrected chi connectivity index (χ2v) is 8.66. The summed E-state index contributed by atoms with van der Waals surface area (Å²) < 4.78 is 0. The van der Waals surface area contributed by atoms with Gasteiger partial charge in [-0.25, -0.2) is 0 Å². The van der Waals surface area contributed by atoms with Crippen molar-refractivity contribution < 1.29 is 4.79 Å². The maximum absolute atomic E-state index is 12.7. The number of nitrogens with two attached hydrogens (primary N) is 1. The highest BCUT2D eigenvalue weighted by Crippen LogP contribution is 2.30. The monoisotopic (exact) mass is 349 g/mol. The molecule has 2 heterocycles. The molecule has 3 N–H and O–H groups in total. The number of rotatable bonds is 5. The van der Waals surface area contributed by atoms with Crippen molar-refractivity contribution in [2.45, 2.75) is 63.5 Å². The highest BCUT2D eigenvalue weighted by atomic mass is 32.1. The van der Waals surface area contributed by atoms with E-state index >= 15 is 0 Å². The summed E-state index contributed by atoms with van der Waals surface area (Å²) in [5.74, 6) is 0.864. The third kappa shape index (κ3) is 4.19. The number of amides is 1. The molecule has 1 aliphatic heterocycles. The number of nitrogens with zero attached hydrogens (tertiary/aromatic N) is 1. The molecule has 0 bridgehead atoms. The summed E-state index contributed by atoms with van der Waals surface area (Å²) in [5.41, 5.74) is 5.74. The van der Waals surface area contributed by atoms with Gasteiger partial charge >= 0.3 is 0 Å². The molecular weight excluding hydrogens is 318 g/mol. The largest absolute Gasteiger partial charge is 0.353 e. The van der Waals surface area contributed by atoms with E-state index in [1.165, 1.54) is 24.1 Å². The Kier molecular flexibility index (Phi) is 5.95. The van der Waals surface area contributed by atoms with Crippen LogP contribution in [-0.2, 0) is 4.79 Å². The first kappa shape index (κ1) is 17.9. The second kappa shape index (κ2) is 7.98. The Bertz CT molecular complexity index is 517. The van der Waals surface area contributed by atoms with Gasteiger partial charge in [-0.1, -0.05) is 32.3 Å². The third-order valence-electron chi connectivity index (χ3n) is 5.78. The molecule has 1 unspecified atom stereocenters. The zero-order chi connectivity index (χ0) is 17.0. The molecule has 1 saturated carbocycles. The molecule has 0 radical (unpaired) electrons. The Morgan fingerprint density at radius 1 is 1.38 bits per heavy atom. The number of nitrogens with one attached hydrogen (secondary N) is 1. The Balaban J connectivity index is 1.63. The molecule has 1 aliphatic carbocycles. The molecule has 1 atom stereocenters. The van der Waals surface area contributed by atoms with Crippen molar-refractivity contribution in [2.75, 3.05) is 19.6 Å². The van der Waals surface area contributed by atoms with Crippen LogP contribution >= 0.6 is 11.3 Å². The van der Waals surface area contributed by atoms with E-state index in [1.807, 2.05) is 0 Å². The average Bonchev–Trinajstić information content (AvgIpc) is 3.11. The Morgan fingerprint density at radius 3 is 2.71 bits per heavy atom. The number of hydrogen-bond acceptors (Lipinski definition) is 4. The van der Waals surface area contributed by atoms with Crippen LogP contribution in [0.5, 0.6) is 0 Å². The van der Waals surface area contributed by atoms with Gasteiger partial charge in [-0.3, -0.25) is 9.69 Å². The van der Waals surface area contributed by atoms with Gasteiger partial charge in [0.2, 0.25) is 5.91 Å². The zero-order valence-corrected chi connectivity index (χ0v) is 15.6. The van der Waals surface area contributed by atoms with Gasteiger partial charge in [0.15, 0.2) is 0 Å². The van der Waals surface area contributed by atoms with E-state index < -0.39 is 5.54 Å². The maximum atomic E-state index is 12.7. The van der Waals surface area contributed by atoms with Crippen molar-refractivity contribution in [3.05, 3.63) is 22.4 Å². The van der Waals surface area contributed by atoms with E-state index in [9.17, 15) is 4.79 Å². The fraction of sp³-hybridized carbons (Fsp3) is 0.737. The molecule has 134 valence electrons. The number of likely N-dealkylation sites (tertiary alicyclic amines) is 1. The third-order valence-corrected chi connectivity index (χ3v) is 6.76. The van der Waals surface area contributed by atoms with Gasteiger partial charge in [-0.15, -0.1) is 11.3 Å². The zero-order valence-electron chi connectivity index (χ0n) is 14.8. The van der Waals surface area contributed by atoms with Crippen LogP contribution in [0.15, 0.2) is 17.5 Å². The molecule has 2 fully saturated rings. The predicted octanol–water partition coefficient (Wildman–Crippen LogP) is 3.30. The Labute approximate surface area is 149 Å². The summed E-state index contributed by atoms with van der Waals surface area (Å²) >= 11 is 1.79. The summed E-state index contributed by atoms with van der Waals surface area (Å²) in [4.78, 5) is 16.6. The Morgan fingerprint density at radius 2 is 2.08 bits per heavy atom. The van der Waals surface area contributed by atoms with Crippen LogP contribution in [0.1, 0.15) is 62.8 Å². The molecule has 4 nitrogen and oxygen atoms in total. The van der Waals surface area contributed by atoms with Crippen LogP contribution in [-0.4, -0.2) is 36.0 Å². The van der Waals surface area contributed by atoms with Gasteiger partial charge in [0.25, 0.3) is 0 Å². The minimum atomic E-state index is -0.644. The molecule has 1 amide bonds. The van der Waals surface area contributed by atoms with Crippen LogP contribution in [0.4, 0.5) is 0 Å². The molecule has 1 aromatic heterocycles. The average molecular weight is 350 g/mol. The number of thiophene rings is 1. The number of piperidine rings is 1. The van der Waals surface area contributed by atoms with Crippen LogP contribution < -0.4 is 11.1 Å². The van der Waals surface area contributed by atoms with E-state index in [2.05, 4.69) is 34.7 Å². The van der Waals surface area contributed by atoms with E-state index in [0.29, 0.717) is 6.54 Å². The van der Waals surface area contributed by atoms with E-state index in [1.54, 1.807) is 11.3 Å². The maximum Gasteiger partial charge on any atom is 0.240 e. The van der Waals surface area contributed by atoms with Gasteiger partial charge < -0.3 is 11.1 Å². The minimum absolute atomic E-state index is 0.0501. The van der Waals surface area contributed by atoms with Gasteiger partial charge in [-0.2, -0.15) is 0 Å². The lowest BCUT2D eigenvalue weighted by Crippen LogP contribution is -2.56. The molecule has 0 spiro atoms. The summed E-state index contributed by atoms with van der Waals surface area (Å²) in [5, 5.41) is 5.32. The van der Waals surface area contributed by atoms with Gasteiger partial charge in [-0.05, 0) is 56.1 Å². The van der Waals surface area contributed by atoms with Crippen LogP contribution in [0.3, 0.4) is 0 Å². The van der Waals surface area contributed by atoms with E-state index in [-0.39, 0.29) is 11.9 Å². The molecule has 24 heavy (non-hydrogen) atoms. The molecule has 0 aromatic carbocycles. The lowest BCUT2D eigenvalue weighted by molar-refractivity contribution is -0.127. The van der Waals surface area contributed by atoms with Crippen LogP contribution in [0, 0.1) is 5.92 Å². The molecule has 5 heteroatoms. The van der Waals surface area contributed by atoms with E-state index in [0.717, 1.165) is 44.7 Å². The van der Waals surface area contributed by atoms with Gasteiger partial charge in [0.1, 0.15) is 0 Å². The molecule has 2 aliphatic rings. The first-order chi connectivity index (χ1) is 11.6. The molecule has 1 saturated heterocycles. The van der Waals surface area contributed by atoms with Crippen molar-refractivity contribution in [1.29, 1.82) is 0 Å². The first-order valence-electron chi connectivity index (χ1n) is 9.43. The standard InChI is InChI=1S/C19H31N3OS/c1-15-7-11-22(12-8-15)16(17-6-5-13-24-17)14-21-18(23)19(20)9-3-2-4-10-19/h5-6,13,15-16H,2-4,7-12,14,20H2,1H3,(H,21,23). The topological polar surface area (TPSA) is 58.4 Å². The van der Waals surface area contributed by atoms with Crippen LogP contribution in [0.2, 0.25) is 0 Å². The van der Waals surface area contributed by atoms with Crippen molar-refractivity contribution in [2.24, 2.45) is 11.7 Å². The van der Waals surface area contributed by atoms with Crippen molar-refractivity contribution in [3.63, 3.8) is 0 Å². The molecule has 1 aromatic rings. The highest BCUT2D eigenvalue weighted by molar-refractivity contribution is 7.10. The number of carbonyl (C=O) groups is 1. The number of carbonyl (C=O) groups excluding carboxylic acids is 1. The highest BCUT2D eigenvalue weighted by Gasteiger charge is 2.36. The molecule has 3 rings (SSSR count). The Hall–Kier alpha value is -0.910. The summed E-state index contributed by atoms with van der Waals surface area (Å²) in [7, 11) is 0. The summed E-state index contributed by atoms with van der Waals surface area (Å²) in [6, 6.07) is 4.58. The quantitative estimate of drug-likeness (QED) is 0.857. The van der Waals surface area contributed by atoms with Crippen molar-refractivity contribution in [3.8, 4) is 0 Å². The first-order valence-corrected chi connectivity index (χ1v) is 10.3. The summed E-state index contributed by atoms with van der Waals surface area (Å²) in [6.07, 6.45) is 7.49. The van der Waals surface area contributed by atoms with Gasteiger partial charge in [0.05, 0.1) is 11.6 Å². The van der Waals surface area contributed by atoms with Crippen molar-refractivity contribution >= 4 is 17.2 Å². The number of hydrogen-bond donors (Lipinski definition) is 2. The minimum Gasteiger partial charge on any atom is -0.353 e. The SMILES string of the molecule is CC1CCN(C(CNC(=O)C2(N)CCCCC2)c2cccs2)CC1. The van der Waals surface area contributed by atoms with Crippen LogP contribution in [0.25, 0.3) is 0 Å². The van der Waals surface area contributed by atoms with E-state index in [4.69, 9.17) is 5.73 Å². The normalized spacial score (nSPS) is 23.8. The second-order valence-electron chi connectivity index (χ2n) is 7.68. The van der Waals surface area contributed by atoms with Gasteiger partial charge in [0, 0.05) is 11.4 Å². The van der Waals surface area contributed by atoms with Crippen molar-refractivity contribution in [1.82, 2.24) is 10.2 Å². The lowest BCUT2D eigenvalue weighted by Gasteiger charge is -2.37. The summed E-state index contributed by atoms with van der Waals surface area (Å²) in [6.45, 7) is 5.24. The fourth-order valence-corrected chi connectivity index (χ4v) is 4.87.